The van der Waals surface area contributed by atoms with E-state index in [4.69, 9.17) is 0 Å². The Bertz CT molecular complexity index is 640. The van der Waals surface area contributed by atoms with Gasteiger partial charge >= 0.3 is 0 Å². The number of rotatable bonds is 8. The Morgan fingerprint density at radius 1 is 0.958 bits per heavy atom. The van der Waals surface area contributed by atoms with E-state index in [2.05, 4.69) is 84.4 Å². The fraction of sp³-hybridized carbons (Fsp3) is 0.333. The van der Waals surface area contributed by atoms with Crippen LogP contribution >= 0.6 is 0 Å². The summed E-state index contributed by atoms with van der Waals surface area (Å²) in [7, 11) is 0. The van der Waals surface area contributed by atoms with Gasteiger partial charge in [-0.05, 0) is 29.6 Å². The zero-order chi connectivity index (χ0) is 18.4. The van der Waals surface area contributed by atoms with Crippen molar-refractivity contribution in [3.8, 4) is 0 Å². The molecule has 1 aliphatic carbocycles. The van der Waals surface area contributed by atoms with Crippen LogP contribution in [0.15, 0.2) is 97.2 Å². The first-order valence-electron chi connectivity index (χ1n) is 8.55. The quantitative estimate of drug-likeness (QED) is 0.412. The van der Waals surface area contributed by atoms with Gasteiger partial charge in [-0.25, -0.2) is 0 Å². The average Bonchev–Trinajstić information content (AvgIpc) is 2.57. The minimum Gasteiger partial charge on any atom is -0.0991 e. The van der Waals surface area contributed by atoms with Crippen LogP contribution in [0.25, 0.3) is 0 Å². The summed E-state index contributed by atoms with van der Waals surface area (Å²) in [6.07, 6.45) is 18.6. The molecular weight excluding hydrogens is 288 g/mol. The van der Waals surface area contributed by atoms with Gasteiger partial charge in [0.05, 0.1) is 0 Å². The zero-order valence-electron chi connectivity index (χ0n) is 15.9. The number of hydrogen-bond acceptors (Lipinski definition) is 0. The molecule has 1 rings (SSSR count). The maximum absolute atomic E-state index is 4.31. The van der Waals surface area contributed by atoms with E-state index in [0.29, 0.717) is 0 Å². The normalized spacial score (nSPS) is 15.6. The number of allylic oxidation sites excluding steroid dienone is 12. The molecule has 0 nitrogen and oxygen atoms in total. The van der Waals surface area contributed by atoms with Gasteiger partial charge in [-0.3, -0.25) is 0 Å². The summed E-state index contributed by atoms with van der Waals surface area (Å²) in [5.74, 6) is 0. The van der Waals surface area contributed by atoms with Crippen molar-refractivity contribution >= 4 is 0 Å². The molecule has 0 amide bonds. The lowest BCUT2D eigenvalue weighted by molar-refractivity contribution is 0.526. The third kappa shape index (κ3) is 4.71. The van der Waals surface area contributed by atoms with Crippen molar-refractivity contribution in [2.75, 3.05) is 0 Å². The van der Waals surface area contributed by atoms with Gasteiger partial charge in [0.25, 0.3) is 0 Å². The molecule has 24 heavy (non-hydrogen) atoms. The first-order chi connectivity index (χ1) is 11.1. The van der Waals surface area contributed by atoms with Crippen molar-refractivity contribution < 1.29 is 0 Å². The Balaban J connectivity index is 2.89. The Morgan fingerprint density at radius 2 is 1.54 bits per heavy atom. The Kier molecular flexibility index (Phi) is 6.78. The molecule has 0 aliphatic heterocycles. The predicted octanol–water partition coefficient (Wildman–Crippen LogP) is 7.28. The van der Waals surface area contributed by atoms with Gasteiger partial charge in [0.1, 0.15) is 0 Å². The van der Waals surface area contributed by atoms with Gasteiger partial charge in [-0.2, -0.15) is 0 Å². The van der Waals surface area contributed by atoms with Crippen LogP contribution < -0.4 is 0 Å². The summed E-state index contributed by atoms with van der Waals surface area (Å²) < 4.78 is 0. The lowest BCUT2D eigenvalue weighted by atomic mass is 9.73. The van der Waals surface area contributed by atoms with Crippen molar-refractivity contribution in [1.82, 2.24) is 0 Å². The highest BCUT2D eigenvalue weighted by atomic mass is 14.3. The SMILES string of the molecule is C=C/C=C\C(=C)C(C)(C)C(=C)/C=C\C(=C)C(C)(C)C1=CC=CCC1. The molecule has 1 aliphatic rings. The van der Waals surface area contributed by atoms with E-state index < -0.39 is 0 Å². The highest BCUT2D eigenvalue weighted by Gasteiger charge is 2.26. The average molecular weight is 321 g/mol. The molecule has 0 unspecified atom stereocenters. The van der Waals surface area contributed by atoms with Crippen molar-refractivity contribution in [3.05, 3.63) is 97.2 Å². The molecule has 0 aromatic heterocycles. The summed E-state index contributed by atoms with van der Waals surface area (Å²) in [6, 6.07) is 0. The summed E-state index contributed by atoms with van der Waals surface area (Å²) in [4.78, 5) is 0. The molecule has 0 spiro atoms. The summed E-state index contributed by atoms with van der Waals surface area (Å²) in [5.41, 5.74) is 4.34. The summed E-state index contributed by atoms with van der Waals surface area (Å²) in [6.45, 7) is 25.2. The minimum absolute atomic E-state index is 0.0363. The monoisotopic (exact) mass is 320 g/mol. The van der Waals surface area contributed by atoms with Crippen molar-refractivity contribution in [2.24, 2.45) is 10.8 Å². The second-order valence-electron chi connectivity index (χ2n) is 7.41. The molecule has 128 valence electrons. The van der Waals surface area contributed by atoms with Crippen molar-refractivity contribution in [2.45, 2.75) is 40.5 Å². The van der Waals surface area contributed by atoms with E-state index in [0.717, 1.165) is 29.6 Å². The van der Waals surface area contributed by atoms with E-state index in [1.165, 1.54) is 5.57 Å². The largest absolute Gasteiger partial charge is 0.0991 e. The molecule has 0 radical (unpaired) electrons. The van der Waals surface area contributed by atoms with Gasteiger partial charge in [-0.15, -0.1) is 0 Å². The maximum atomic E-state index is 4.31. The van der Waals surface area contributed by atoms with E-state index in [1.54, 1.807) is 6.08 Å². The molecule has 0 heteroatoms. The molecule has 0 aromatic carbocycles. The molecule has 0 bridgehead atoms. The molecule has 0 N–H and O–H groups in total. The Hall–Kier alpha value is -2.08. The fourth-order valence-corrected chi connectivity index (χ4v) is 2.55. The van der Waals surface area contributed by atoms with E-state index in [-0.39, 0.29) is 10.8 Å². The van der Waals surface area contributed by atoms with Crippen molar-refractivity contribution in [3.63, 3.8) is 0 Å². The maximum Gasteiger partial charge on any atom is 0.0134 e. The predicted molar refractivity (Wildman–Crippen MR) is 110 cm³/mol. The van der Waals surface area contributed by atoms with Crippen molar-refractivity contribution in [1.29, 1.82) is 0 Å². The molecule has 0 saturated heterocycles. The van der Waals surface area contributed by atoms with Crippen LogP contribution in [0.5, 0.6) is 0 Å². The molecule has 0 aromatic rings. The first kappa shape index (κ1) is 20.0. The van der Waals surface area contributed by atoms with Gasteiger partial charge in [0.2, 0.25) is 0 Å². The first-order valence-corrected chi connectivity index (χ1v) is 8.55. The molecule has 0 heterocycles. The van der Waals surface area contributed by atoms with Crippen LogP contribution in [0, 0.1) is 10.8 Å². The summed E-state index contributed by atoms with van der Waals surface area (Å²) in [5, 5.41) is 0. The molecule has 0 fully saturated rings. The Labute approximate surface area is 149 Å². The van der Waals surface area contributed by atoms with Crippen LogP contribution in [0.1, 0.15) is 40.5 Å². The third-order valence-corrected chi connectivity index (χ3v) is 5.14. The van der Waals surface area contributed by atoms with Crippen LogP contribution in [0.2, 0.25) is 0 Å². The lowest BCUT2D eigenvalue weighted by Crippen LogP contribution is -2.18. The fourth-order valence-electron chi connectivity index (χ4n) is 2.55. The smallest absolute Gasteiger partial charge is 0.0134 e. The Morgan fingerprint density at radius 3 is 2.08 bits per heavy atom. The lowest BCUT2D eigenvalue weighted by Gasteiger charge is -2.31. The van der Waals surface area contributed by atoms with Gasteiger partial charge in [0, 0.05) is 10.8 Å². The topological polar surface area (TPSA) is 0 Å². The van der Waals surface area contributed by atoms with E-state index in [1.807, 2.05) is 12.2 Å². The van der Waals surface area contributed by atoms with Gasteiger partial charge in [-0.1, -0.05) is 108 Å². The highest BCUT2D eigenvalue weighted by molar-refractivity contribution is 5.42. The molecular formula is C24H32. The van der Waals surface area contributed by atoms with Crippen LogP contribution in [-0.2, 0) is 0 Å². The molecule has 0 saturated carbocycles. The van der Waals surface area contributed by atoms with Crippen LogP contribution in [0.3, 0.4) is 0 Å². The highest BCUT2D eigenvalue weighted by Crippen LogP contribution is 2.39. The van der Waals surface area contributed by atoms with E-state index in [9.17, 15) is 0 Å². The molecule has 0 atom stereocenters. The minimum atomic E-state index is -0.201. The van der Waals surface area contributed by atoms with Crippen LogP contribution in [-0.4, -0.2) is 0 Å². The van der Waals surface area contributed by atoms with Gasteiger partial charge < -0.3 is 0 Å². The second-order valence-corrected chi connectivity index (χ2v) is 7.41. The van der Waals surface area contributed by atoms with E-state index >= 15 is 0 Å². The van der Waals surface area contributed by atoms with Crippen LogP contribution in [0.4, 0.5) is 0 Å². The zero-order valence-corrected chi connectivity index (χ0v) is 15.9. The summed E-state index contributed by atoms with van der Waals surface area (Å²) >= 11 is 0. The second kappa shape index (κ2) is 8.15. The van der Waals surface area contributed by atoms with Gasteiger partial charge in [0.15, 0.2) is 0 Å². The third-order valence-electron chi connectivity index (χ3n) is 5.14. The number of hydrogen-bond donors (Lipinski definition) is 0. The standard InChI is InChI=1S/C24H32/c1-9-10-14-19(2)23(5,6)20(3)17-18-21(4)24(7,8)22-15-12-11-13-16-22/h9-12,14-15,17-18H,1-4,13,16H2,5-8H3/b14-10-,18-17-.